The number of rotatable bonds is 7. The lowest BCUT2D eigenvalue weighted by molar-refractivity contribution is 0.108. The highest BCUT2D eigenvalue weighted by Gasteiger charge is 2.31. The number of nitrogens with zero attached hydrogens (tertiary/aromatic N) is 3. The summed E-state index contributed by atoms with van der Waals surface area (Å²) < 4.78 is 57.0. The summed E-state index contributed by atoms with van der Waals surface area (Å²) in [5.41, 5.74) is 1.28. The van der Waals surface area contributed by atoms with E-state index in [0.717, 1.165) is 57.4 Å². The van der Waals surface area contributed by atoms with Crippen LogP contribution in [0.25, 0.3) is 0 Å². The molecule has 2 aromatic rings. The molecule has 2 fully saturated rings. The molecule has 192 valence electrons. The third-order valence-corrected chi connectivity index (χ3v) is 10.0. The monoisotopic (exact) mass is 521 g/mol. The standard InChI is InChI=1S/C25H35N3O5S2/c1-33-23-9-7-21(8-10-23)20-26-15-11-22(12-16-26)27-13-4-14-28(18-17-27)35(31,32)25-6-3-5-24(19-25)34(2,29)30/h3,5-10,19,22H,4,11-18,20H2,1-2H3. The van der Waals surface area contributed by atoms with Crippen molar-refractivity contribution >= 4 is 19.9 Å². The Bertz CT molecular complexity index is 1210. The molecule has 4 rings (SSSR count). The zero-order valence-corrected chi connectivity index (χ0v) is 22.1. The highest BCUT2D eigenvalue weighted by atomic mass is 32.2. The first-order valence-electron chi connectivity index (χ1n) is 12.1. The van der Waals surface area contributed by atoms with Gasteiger partial charge in [0.05, 0.1) is 16.9 Å². The van der Waals surface area contributed by atoms with Crippen LogP contribution in [0.4, 0.5) is 0 Å². The number of methoxy groups -OCH3 is 1. The minimum Gasteiger partial charge on any atom is -0.497 e. The number of ether oxygens (including phenoxy) is 1. The van der Waals surface area contributed by atoms with Gasteiger partial charge in [-0.1, -0.05) is 18.2 Å². The SMILES string of the molecule is COc1ccc(CN2CCC(N3CCCN(S(=O)(=O)c4cccc(S(C)(=O)=O)c4)CC3)CC2)cc1. The van der Waals surface area contributed by atoms with Crippen LogP contribution in [0.15, 0.2) is 58.3 Å². The topological polar surface area (TPSA) is 87.2 Å². The Kier molecular flexibility index (Phi) is 8.17. The molecule has 0 saturated carbocycles. The van der Waals surface area contributed by atoms with Gasteiger partial charge in [-0.05, 0) is 74.8 Å². The van der Waals surface area contributed by atoms with Gasteiger partial charge in [0.15, 0.2) is 9.84 Å². The fourth-order valence-electron chi connectivity index (χ4n) is 4.97. The normalized spacial score (nSPS) is 19.9. The minimum absolute atomic E-state index is 0.0245. The molecule has 0 aliphatic carbocycles. The highest BCUT2D eigenvalue weighted by molar-refractivity contribution is 7.91. The molecule has 10 heteroatoms. The van der Waals surface area contributed by atoms with Crippen LogP contribution in [0.2, 0.25) is 0 Å². The highest BCUT2D eigenvalue weighted by Crippen LogP contribution is 2.24. The molecule has 0 radical (unpaired) electrons. The van der Waals surface area contributed by atoms with E-state index in [9.17, 15) is 16.8 Å². The number of benzene rings is 2. The Morgan fingerprint density at radius 2 is 1.54 bits per heavy atom. The summed E-state index contributed by atoms with van der Waals surface area (Å²) in [6, 6.07) is 14.3. The molecule has 2 aliphatic rings. The van der Waals surface area contributed by atoms with Crippen LogP contribution >= 0.6 is 0 Å². The van der Waals surface area contributed by atoms with Crippen LogP contribution in [-0.4, -0.2) is 89.6 Å². The maximum Gasteiger partial charge on any atom is 0.243 e. The van der Waals surface area contributed by atoms with Crippen LogP contribution in [-0.2, 0) is 26.4 Å². The molecule has 2 aliphatic heterocycles. The summed E-state index contributed by atoms with van der Waals surface area (Å²) >= 11 is 0. The first kappa shape index (κ1) is 26.1. The van der Waals surface area contributed by atoms with E-state index in [-0.39, 0.29) is 9.79 Å². The summed E-state index contributed by atoms with van der Waals surface area (Å²) in [7, 11) is -5.55. The van der Waals surface area contributed by atoms with E-state index in [1.165, 1.54) is 34.1 Å². The predicted molar refractivity (Wildman–Crippen MR) is 136 cm³/mol. The molecule has 0 amide bonds. The molecule has 2 saturated heterocycles. The maximum atomic E-state index is 13.3. The molecule has 0 unspecified atom stereocenters. The molecule has 0 bridgehead atoms. The molecule has 35 heavy (non-hydrogen) atoms. The van der Waals surface area contributed by atoms with Gasteiger partial charge >= 0.3 is 0 Å². The number of sulfone groups is 1. The van der Waals surface area contributed by atoms with Crippen LogP contribution in [0.3, 0.4) is 0 Å². The number of hydrogen-bond acceptors (Lipinski definition) is 7. The molecule has 0 N–H and O–H groups in total. The van der Waals surface area contributed by atoms with Gasteiger partial charge in [0.1, 0.15) is 5.75 Å². The van der Waals surface area contributed by atoms with E-state index in [4.69, 9.17) is 4.74 Å². The molecular formula is C25H35N3O5S2. The van der Waals surface area contributed by atoms with Gasteiger partial charge in [-0.25, -0.2) is 16.8 Å². The van der Waals surface area contributed by atoms with E-state index in [0.29, 0.717) is 25.7 Å². The van der Waals surface area contributed by atoms with E-state index >= 15 is 0 Å². The van der Waals surface area contributed by atoms with Crippen LogP contribution in [0.1, 0.15) is 24.8 Å². The van der Waals surface area contributed by atoms with Gasteiger partial charge in [-0.3, -0.25) is 9.80 Å². The predicted octanol–water partition coefficient (Wildman–Crippen LogP) is 2.46. The van der Waals surface area contributed by atoms with Gasteiger partial charge in [-0.15, -0.1) is 0 Å². The summed E-state index contributed by atoms with van der Waals surface area (Å²) in [5, 5.41) is 0. The molecule has 0 aromatic heterocycles. The summed E-state index contributed by atoms with van der Waals surface area (Å²) in [6.45, 7) is 5.39. The van der Waals surface area contributed by atoms with E-state index < -0.39 is 19.9 Å². The van der Waals surface area contributed by atoms with E-state index in [1.54, 1.807) is 7.11 Å². The largest absolute Gasteiger partial charge is 0.497 e. The smallest absolute Gasteiger partial charge is 0.243 e. The van der Waals surface area contributed by atoms with Crippen molar-refractivity contribution in [1.29, 1.82) is 0 Å². The van der Waals surface area contributed by atoms with Gasteiger partial charge in [0, 0.05) is 38.5 Å². The van der Waals surface area contributed by atoms with E-state index in [1.807, 2.05) is 12.1 Å². The third kappa shape index (κ3) is 6.42. The van der Waals surface area contributed by atoms with Gasteiger partial charge in [-0.2, -0.15) is 4.31 Å². The maximum absolute atomic E-state index is 13.3. The first-order valence-corrected chi connectivity index (χ1v) is 15.4. The lowest BCUT2D eigenvalue weighted by Gasteiger charge is -2.38. The van der Waals surface area contributed by atoms with Crippen molar-refractivity contribution in [1.82, 2.24) is 14.1 Å². The van der Waals surface area contributed by atoms with Crippen molar-refractivity contribution in [2.24, 2.45) is 0 Å². The molecule has 0 spiro atoms. The summed E-state index contributed by atoms with van der Waals surface area (Å²) in [5.74, 6) is 0.868. The van der Waals surface area contributed by atoms with Crippen molar-refractivity contribution in [3.63, 3.8) is 0 Å². The Morgan fingerprint density at radius 3 is 2.20 bits per heavy atom. The minimum atomic E-state index is -3.75. The second-order valence-electron chi connectivity index (χ2n) is 9.40. The van der Waals surface area contributed by atoms with Crippen molar-refractivity contribution in [3.05, 3.63) is 54.1 Å². The van der Waals surface area contributed by atoms with Crippen molar-refractivity contribution < 1.29 is 21.6 Å². The Hall–Kier alpha value is -1.98. The Labute approximate surface area is 209 Å². The summed E-state index contributed by atoms with van der Waals surface area (Å²) in [6.07, 6.45) is 3.99. The quantitative estimate of drug-likeness (QED) is 0.553. The number of likely N-dealkylation sites (tertiary alicyclic amines) is 1. The Morgan fingerprint density at radius 1 is 0.857 bits per heavy atom. The number of sulfonamides is 1. The van der Waals surface area contributed by atoms with Crippen LogP contribution in [0.5, 0.6) is 5.75 Å². The number of piperidine rings is 1. The zero-order valence-electron chi connectivity index (χ0n) is 20.5. The van der Waals surface area contributed by atoms with Crippen molar-refractivity contribution in [3.8, 4) is 5.75 Å². The molecule has 2 heterocycles. The van der Waals surface area contributed by atoms with Crippen LogP contribution in [0, 0.1) is 0 Å². The second-order valence-corrected chi connectivity index (χ2v) is 13.3. The summed E-state index contributed by atoms with van der Waals surface area (Å²) in [4.78, 5) is 4.98. The third-order valence-electron chi connectivity index (χ3n) is 7.00. The van der Waals surface area contributed by atoms with Crippen LogP contribution < -0.4 is 4.74 Å². The lowest BCUT2D eigenvalue weighted by Crippen LogP contribution is -2.46. The lowest BCUT2D eigenvalue weighted by atomic mass is 10.0. The van der Waals surface area contributed by atoms with Crippen molar-refractivity contribution in [2.45, 2.75) is 41.6 Å². The van der Waals surface area contributed by atoms with Gasteiger partial charge in [0.25, 0.3) is 0 Å². The average molecular weight is 522 g/mol. The number of hydrogen-bond donors (Lipinski definition) is 0. The molecule has 2 aromatic carbocycles. The average Bonchev–Trinajstić information content (AvgIpc) is 3.12. The van der Waals surface area contributed by atoms with Crippen molar-refractivity contribution in [2.75, 3.05) is 52.6 Å². The fraction of sp³-hybridized carbons (Fsp3) is 0.520. The first-order chi connectivity index (χ1) is 16.7. The van der Waals surface area contributed by atoms with E-state index in [2.05, 4.69) is 21.9 Å². The molecular weight excluding hydrogens is 486 g/mol. The molecule has 0 atom stereocenters. The zero-order chi connectivity index (χ0) is 25.1. The van der Waals surface area contributed by atoms with Gasteiger partial charge in [0.2, 0.25) is 10.0 Å². The second kappa shape index (κ2) is 11.0. The molecule has 8 nitrogen and oxygen atoms in total. The fourth-order valence-corrected chi connectivity index (χ4v) is 7.22. The van der Waals surface area contributed by atoms with Gasteiger partial charge < -0.3 is 4.74 Å². The Balaban J connectivity index is 1.33.